The predicted octanol–water partition coefficient (Wildman–Crippen LogP) is 2.77. The standard InChI is InChI=1S/C20H24N2O6/c1-4-27-20(24)14-6-5-9-22(12-14)19(23)18-11-15(21-28-18)13-7-8-16(25-2)17(10-13)26-3/h7-8,10-11,14H,4-6,9,12H2,1-3H3. The highest BCUT2D eigenvalue weighted by Gasteiger charge is 2.31. The summed E-state index contributed by atoms with van der Waals surface area (Å²) in [6, 6.07) is 6.93. The number of esters is 1. The largest absolute Gasteiger partial charge is 0.493 e. The van der Waals surface area contributed by atoms with Gasteiger partial charge in [0, 0.05) is 24.7 Å². The lowest BCUT2D eigenvalue weighted by Crippen LogP contribution is -2.42. The zero-order valence-corrected chi connectivity index (χ0v) is 16.3. The van der Waals surface area contributed by atoms with Crippen molar-refractivity contribution in [2.75, 3.05) is 33.9 Å². The van der Waals surface area contributed by atoms with Gasteiger partial charge in [-0.1, -0.05) is 5.16 Å². The van der Waals surface area contributed by atoms with E-state index in [0.717, 1.165) is 18.4 Å². The van der Waals surface area contributed by atoms with Crippen LogP contribution in [0.5, 0.6) is 11.5 Å². The number of piperidine rings is 1. The lowest BCUT2D eigenvalue weighted by Gasteiger charge is -2.30. The van der Waals surface area contributed by atoms with E-state index in [9.17, 15) is 9.59 Å². The third-order valence-electron chi connectivity index (χ3n) is 4.73. The molecule has 1 fully saturated rings. The number of amides is 1. The minimum atomic E-state index is -0.300. The molecule has 28 heavy (non-hydrogen) atoms. The monoisotopic (exact) mass is 388 g/mol. The van der Waals surface area contributed by atoms with E-state index in [1.165, 1.54) is 0 Å². The first kappa shape index (κ1) is 19.7. The van der Waals surface area contributed by atoms with Gasteiger partial charge in [-0.2, -0.15) is 0 Å². The van der Waals surface area contributed by atoms with Crippen LogP contribution in [0.25, 0.3) is 11.3 Å². The Morgan fingerprint density at radius 1 is 1.21 bits per heavy atom. The summed E-state index contributed by atoms with van der Waals surface area (Å²) in [5, 5.41) is 4.01. The molecular formula is C20H24N2O6. The number of benzene rings is 1. The van der Waals surface area contributed by atoms with Crippen LogP contribution in [0.1, 0.15) is 30.3 Å². The molecule has 0 spiro atoms. The van der Waals surface area contributed by atoms with E-state index in [-0.39, 0.29) is 23.6 Å². The minimum Gasteiger partial charge on any atom is -0.493 e. The van der Waals surface area contributed by atoms with Gasteiger partial charge in [0.15, 0.2) is 11.5 Å². The first-order valence-corrected chi connectivity index (χ1v) is 9.22. The second-order valence-electron chi connectivity index (χ2n) is 6.49. The van der Waals surface area contributed by atoms with Gasteiger partial charge in [-0.3, -0.25) is 9.59 Å². The molecule has 1 unspecified atom stereocenters. The maximum Gasteiger partial charge on any atom is 0.310 e. The third-order valence-corrected chi connectivity index (χ3v) is 4.73. The lowest BCUT2D eigenvalue weighted by molar-refractivity contribution is -0.149. The van der Waals surface area contributed by atoms with Crippen LogP contribution in [-0.2, 0) is 9.53 Å². The van der Waals surface area contributed by atoms with E-state index in [1.807, 2.05) is 6.07 Å². The molecule has 1 aromatic heterocycles. The van der Waals surface area contributed by atoms with Crippen molar-refractivity contribution in [3.05, 3.63) is 30.0 Å². The number of carbonyl (C=O) groups is 2. The topological polar surface area (TPSA) is 91.1 Å². The van der Waals surface area contributed by atoms with Gasteiger partial charge >= 0.3 is 5.97 Å². The van der Waals surface area contributed by atoms with Gasteiger partial charge in [-0.15, -0.1) is 0 Å². The number of carbonyl (C=O) groups excluding carboxylic acids is 2. The summed E-state index contributed by atoms with van der Waals surface area (Å²) in [6.45, 7) is 3.00. The number of hydrogen-bond donors (Lipinski definition) is 0. The molecule has 1 aliphatic heterocycles. The molecule has 8 heteroatoms. The van der Waals surface area contributed by atoms with Crippen LogP contribution in [-0.4, -0.2) is 55.8 Å². The van der Waals surface area contributed by atoms with Crippen molar-refractivity contribution < 1.29 is 28.3 Å². The Hall–Kier alpha value is -3.03. The van der Waals surface area contributed by atoms with E-state index in [2.05, 4.69) is 5.16 Å². The van der Waals surface area contributed by atoms with Crippen LogP contribution < -0.4 is 9.47 Å². The van der Waals surface area contributed by atoms with Crippen LogP contribution >= 0.6 is 0 Å². The first-order chi connectivity index (χ1) is 13.6. The van der Waals surface area contributed by atoms with Crippen LogP contribution in [0.3, 0.4) is 0 Å². The van der Waals surface area contributed by atoms with E-state index in [1.54, 1.807) is 44.2 Å². The van der Waals surface area contributed by atoms with E-state index < -0.39 is 0 Å². The van der Waals surface area contributed by atoms with Gasteiger partial charge in [-0.05, 0) is 38.0 Å². The molecule has 0 aliphatic carbocycles. The van der Waals surface area contributed by atoms with Gasteiger partial charge in [0.1, 0.15) is 5.69 Å². The summed E-state index contributed by atoms with van der Waals surface area (Å²) >= 11 is 0. The highest BCUT2D eigenvalue weighted by atomic mass is 16.5. The Kier molecular flexibility index (Phi) is 6.18. The highest BCUT2D eigenvalue weighted by molar-refractivity contribution is 5.93. The van der Waals surface area contributed by atoms with Crippen LogP contribution in [0.4, 0.5) is 0 Å². The van der Waals surface area contributed by atoms with Gasteiger partial charge in [0.25, 0.3) is 5.91 Å². The Morgan fingerprint density at radius 2 is 2.00 bits per heavy atom. The van der Waals surface area contributed by atoms with Crippen molar-refractivity contribution >= 4 is 11.9 Å². The number of nitrogens with zero attached hydrogens (tertiary/aromatic N) is 2. The molecule has 2 aromatic rings. The number of aromatic nitrogens is 1. The molecule has 1 aromatic carbocycles. The second-order valence-corrected chi connectivity index (χ2v) is 6.49. The molecule has 0 N–H and O–H groups in total. The van der Waals surface area contributed by atoms with E-state index >= 15 is 0 Å². The summed E-state index contributed by atoms with van der Waals surface area (Å²) in [4.78, 5) is 26.4. The smallest absolute Gasteiger partial charge is 0.310 e. The zero-order valence-electron chi connectivity index (χ0n) is 16.3. The van der Waals surface area contributed by atoms with Crippen molar-refractivity contribution in [1.82, 2.24) is 10.1 Å². The van der Waals surface area contributed by atoms with Crippen molar-refractivity contribution in [2.45, 2.75) is 19.8 Å². The number of ether oxygens (including phenoxy) is 3. The van der Waals surface area contributed by atoms with E-state index in [0.29, 0.717) is 36.9 Å². The van der Waals surface area contributed by atoms with Crippen molar-refractivity contribution in [1.29, 1.82) is 0 Å². The third kappa shape index (κ3) is 4.11. The Bertz CT molecular complexity index is 847. The summed E-state index contributed by atoms with van der Waals surface area (Å²) in [6.07, 6.45) is 1.46. The Labute approximate surface area is 163 Å². The average Bonchev–Trinajstić information content (AvgIpc) is 3.23. The van der Waals surface area contributed by atoms with Crippen LogP contribution in [0.2, 0.25) is 0 Å². The Morgan fingerprint density at radius 3 is 2.71 bits per heavy atom. The van der Waals surface area contributed by atoms with Crippen molar-refractivity contribution in [3.63, 3.8) is 0 Å². The number of rotatable bonds is 6. The van der Waals surface area contributed by atoms with Crippen molar-refractivity contribution in [2.24, 2.45) is 5.92 Å². The SMILES string of the molecule is CCOC(=O)C1CCCN(C(=O)c2cc(-c3ccc(OC)c(OC)c3)no2)C1. The molecule has 1 aliphatic rings. The molecule has 1 atom stereocenters. The molecule has 3 rings (SSSR count). The van der Waals surface area contributed by atoms with Crippen molar-refractivity contribution in [3.8, 4) is 22.8 Å². The summed E-state index contributed by atoms with van der Waals surface area (Å²) in [7, 11) is 3.11. The average molecular weight is 388 g/mol. The molecular weight excluding hydrogens is 364 g/mol. The molecule has 8 nitrogen and oxygen atoms in total. The van der Waals surface area contributed by atoms with Gasteiger partial charge in [-0.25, -0.2) is 0 Å². The molecule has 150 valence electrons. The van der Waals surface area contributed by atoms with Gasteiger partial charge in [0.05, 0.1) is 26.7 Å². The fourth-order valence-corrected chi connectivity index (χ4v) is 3.28. The number of hydrogen-bond acceptors (Lipinski definition) is 7. The molecule has 2 heterocycles. The van der Waals surface area contributed by atoms with E-state index in [4.69, 9.17) is 18.7 Å². The maximum atomic E-state index is 12.8. The quantitative estimate of drug-likeness (QED) is 0.703. The predicted molar refractivity (Wildman–Crippen MR) is 100 cm³/mol. The molecule has 0 bridgehead atoms. The lowest BCUT2D eigenvalue weighted by atomic mass is 9.98. The summed E-state index contributed by atoms with van der Waals surface area (Å²) in [5.41, 5.74) is 1.26. The maximum absolute atomic E-state index is 12.8. The summed E-state index contributed by atoms with van der Waals surface area (Å²) in [5.74, 6) is 0.450. The molecule has 0 saturated carbocycles. The van der Waals surface area contributed by atoms with Crippen LogP contribution in [0, 0.1) is 5.92 Å². The highest BCUT2D eigenvalue weighted by Crippen LogP contribution is 2.32. The molecule has 0 radical (unpaired) electrons. The first-order valence-electron chi connectivity index (χ1n) is 9.22. The molecule has 1 amide bonds. The Balaban J connectivity index is 1.74. The second kappa shape index (κ2) is 8.77. The van der Waals surface area contributed by atoms with Crippen LogP contribution in [0.15, 0.2) is 28.8 Å². The van der Waals surface area contributed by atoms with Gasteiger partial charge < -0.3 is 23.6 Å². The van der Waals surface area contributed by atoms with Gasteiger partial charge in [0.2, 0.25) is 5.76 Å². The fourth-order valence-electron chi connectivity index (χ4n) is 3.28. The number of methoxy groups -OCH3 is 2. The summed E-state index contributed by atoms with van der Waals surface area (Å²) < 4.78 is 20.9. The normalized spacial score (nSPS) is 16.5. The molecule has 1 saturated heterocycles. The minimum absolute atomic E-state index is 0.134. The fraction of sp³-hybridized carbons (Fsp3) is 0.450. The zero-order chi connectivity index (χ0) is 20.1. The number of likely N-dealkylation sites (tertiary alicyclic amines) is 1.